The minimum Gasteiger partial charge on any atom is -0.394 e. The Morgan fingerprint density at radius 1 is 0.394 bits per heavy atom. The normalized spacial score (nSPS) is 23.2. The zero-order chi connectivity index (χ0) is 68.0. The first-order valence-corrected chi connectivity index (χ1v) is 37.8. The summed E-state index contributed by atoms with van der Waals surface area (Å²) in [7, 11) is 0. The lowest BCUT2D eigenvalue weighted by Crippen LogP contribution is -2.65. The summed E-state index contributed by atoms with van der Waals surface area (Å²) in [5.41, 5.74) is 0. The fourth-order valence-electron chi connectivity index (χ4n) is 11.7. The molecular weight excluding hydrogens is 1180 g/mol. The molecule has 0 radical (unpaired) electrons. The van der Waals surface area contributed by atoms with Gasteiger partial charge in [-0.05, 0) is 103 Å². The molecule has 9 N–H and O–H groups in total. The third-order valence-electron chi connectivity index (χ3n) is 17.6. The van der Waals surface area contributed by atoms with Crippen LogP contribution in [0, 0.1) is 0 Å². The highest BCUT2D eigenvalue weighted by molar-refractivity contribution is 5.76. The number of nitrogens with one attached hydrogen (secondary N) is 1. The molecule has 1 amide bonds. The van der Waals surface area contributed by atoms with Crippen molar-refractivity contribution in [3.8, 4) is 0 Å². The standard InChI is InChI=1S/C80H137NO13/c1-3-5-7-9-11-13-15-17-19-21-23-25-27-29-31-33-34-36-38-40-42-44-46-48-50-52-54-56-58-60-62-64-72(85)81-68(67-91-79-77(90)75(88)78(71(66-83)93-79)94-80-76(89)74(87)73(86)70(65-82)92-80)69(84)63-61-59-57-55-53-51-49-47-45-43-41-39-37-35-32-30-28-26-24-22-20-18-16-14-12-10-8-6-4-2/h5,7,11,13,17,19,23,25,29,31,34,36,40,42,45,47,53,55,61,63,68-71,73-80,82-84,86-90H,3-4,6,8-10,12,14-16,18,20-22,24,26-28,30,32-33,35,37-39,41,43-44,46,48-52,54,56-60,62,64-67H2,1-2H3,(H,81,85)/b7-5-,13-11-,19-17-,25-23-,31-29-,36-34-,42-40-,47-45+,55-53+,63-61+. The van der Waals surface area contributed by atoms with Gasteiger partial charge in [0, 0.05) is 6.42 Å². The first-order chi connectivity index (χ1) is 46.1. The summed E-state index contributed by atoms with van der Waals surface area (Å²) < 4.78 is 22.9. The summed E-state index contributed by atoms with van der Waals surface area (Å²) in [5.74, 6) is -0.263. The van der Waals surface area contributed by atoms with Gasteiger partial charge in [0.1, 0.15) is 48.8 Å². The molecule has 2 aliphatic rings. The van der Waals surface area contributed by atoms with Crippen molar-refractivity contribution in [3.63, 3.8) is 0 Å². The van der Waals surface area contributed by atoms with E-state index in [0.29, 0.717) is 12.8 Å². The molecule has 12 atom stereocenters. The van der Waals surface area contributed by atoms with Crippen molar-refractivity contribution in [3.05, 3.63) is 122 Å². The number of carbonyl (C=O) groups excluding carboxylic acids is 1. The van der Waals surface area contributed by atoms with Crippen molar-refractivity contribution < 1.29 is 64.6 Å². The van der Waals surface area contributed by atoms with Gasteiger partial charge in [-0.25, -0.2) is 0 Å². The molecule has 0 aromatic rings. The lowest BCUT2D eigenvalue weighted by molar-refractivity contribution is -0.359. The summed E-state index contributed by atoms with van der Waals surface area (Å²) in [6, 6.07) is -0.952. The molecule has 14 heteroatoms. The van der Waals surface area contributed by atoms with E-state index in [1.807, 2.05) is 6.08 Å². The number of ether oxygens (including phenoxy) is 4. The van der Waals surface area contributed by atoms with Crippen LogP contribution >= 0.6 is 0 Å². The van der Waals surface area contributed by atoms with Crippen LogP contribution in [0.25, 0.3) is 0 Å². The zero-order valence-electron chi connectivity index (χ0n) is 58.9. The van der Waals surface area contributed by atoms with Crippen molar-refractivity contribution in [2.24, 2.45) is 0 Å². The molecule has 2 heterocycles. The second-order valence-electron chi connectivity index (χ2n) is 26.0. The number of unbranched alkanes of at least 4 members (excludes halogenated alkanes) is 30. The van der Waals surface area contributed by atoms with E-state index in [9.17, 15) is 45.6 Å². The Kier molecular flexibility index (Phi) is 57.8. The van der Waals surface area contributed by atoms with E-state index in [1.54, 1.807) is 6.08 Å². The summed E-state index contributed by atoms with van der Waals surface area (Å²) in [5, 5.41) is 87.5. The Balaban J connectivity index is 1.69. The Bertz CT molecular complexity index is 2040. The fraction of sp³-hybridized carbons (Fsp3) is 0.738. The molecule has 12 unspecified atom stereocenters. The van der Waals surface area contributed by atoms with Crippen LogP contribution in [0.15, 0.2) is 122 Å². The molecule has 0 aliphatic carbocycles. The highest BCUT2D eigenvalue weighted by atomic mass is 16.7. The lowest BCUT2D eigenvalue weighted by Gasteiger charge is -2.46. The zero-order valence-corrected chi connectivity index (χ0v) is 58.9. The molecule has 0 spiro atoms. The lowest BCUT2D eigenvalue weighted by atomic mass is 9.97. The predicted octanol–water partition coefficient (Wildman–Crippen LogP) is 16.5. The van der Waals surface area contributed by atoms with Gasteiger partial charge in [-0.3, -0.25) is 4.79 Å². The molecular formula is C80H137NO13. The van der Waals surface area contributed by atoms with Crippen molar-refractivity contribution in [2.75, 3.05) is 19.8 Å². The molecule has 14 nitrogen and oxygen atoms in total. The van der Waals surface area contributed by atoms with E-state index in [0.717, 1.165) is 103 Å². The van der Waals surface area contributed by atoms with Crippen molar-refractivity contribution in [1.29, 1.82) is 0 Å². The average Bonchev–Trinajstić information content (AvgIpc) is 0.794. The van der Waals surface area contributed by atoms with Gasteiger partial charge < -0.3 is 65.1 Å². The molecule has 0 aromatic carbocycles. The predicted molar refractivity (Wildman–Crippen MR) is 387 cm³/mol. The van der Waals surface area contributed by atoms with Crippen molar-refractivity contribution in [1.82, 2.24) is 5.32 Å². The van der Waals surface area contributed by atoms with Crippen molar-refractivity contribution >= 4 is 5.91 Å². The molecule has 2 aliphatic heterocycles. The molecule has 0 bridgehead atoms. The number of hydrogen-bond donors (Lipinski definition) is 9. The second kappa shape index (κ2) is 62.9. The Hall–Kier alpha value is -3.61. The van der Waals surface area contributed by atoms with E-state index in [1.165, 1.54) is 148 Å². The van der Waals surface area contributed by atoms with E-state index in [4.69, 9.17) is 18.9 Å². The smallest absolute Gasteiger partial charge is 0.220 e. The number of aliphatic hydroxyl groups excluding tert-OH is 8. The van der Waals surface area contributed by atoms with E-state index < -0.39 is 86.8 Å². The topological polar surface area (TPSA) is 228 Å². The van der Waals surface area contributed by atoms with E-state index in [2.05, 4.69) is 129 Å². The van der Waals surface area contributed by atoms with Gasteiger partial charge in [0.05, 0.1) is 32.0 Å². The number of allylic oxidation sites excluding steroid dienone is 19. The molecule has 0 aromatic heterocycles. The van der Waals surface area contributed by atoms with Gasteiger partial charge in [-0.15, -0.1) is 0 Å². The van der Waals surface area contributed by atoms with Gasteiger partial charge in [-0.1, -0.05) is 296 Å². The maximum absolute atomic E-state index is 13.4. The third-order valence-corrected chi connectivity index (χ3v) is 17.6. The van der Waals surface area contributed by atoms with Crippen LogP contribution < -0.4 is 5.32 Å². The van der Waals surface area contributed by atoms with Gasteiger partial charge in [0.2, 0.25) is 5.91 Å². The quantitative estimate of drug-likeness (QED) is 0.0204. The number of aliphatic hydroxyl groups is 8. The average molecular weight is 1320 g/mol. The first-order valence-electron chi connectivity index (χ1n) is 37.8. The van der Waals surface area contributed by atoms with E-state index in [-0.39, 0.29) is 18.9 Å². The summed E-state index contributed by atoms with van der Waals surface area (Å²) in [6.07, 6.45) is 75.4. The Labute approximate surface area is 571 Å². The van der Waals surface area contributed by atoms with Crippen molar-refractivity contribution in [2.45, 2.75) is 357 Å². The molecule has 0 saturated carbocycles. The van der Waals surface area contributed by atoms with Crippen LogP contribution in [-0.4, -0.2) is 140 Å². The Morgan fingerprint density at radius 2 is 0.745 bits per heavy atom. The minimum absolute atomic E-state index is 0.255. The molecule has 2 fully saturated rings. The van der Waals surface area contributed by atoms with Crippen LogP contribution in [0.3, 0.4) is 0 Å². The van der Waals surface area contributed by atoms with Gasteiger partial charge in [0.25, 0.3) is 0 Å². The highest BCUT2D eigenvalue weighted by Gasteiger charge is 2.51. The third kappa shape index (κ3) is 45.8. The maximum atomic E-state index is 13.4. The number of rotatable bonds is 61. The number of amides is 1. The summed E-state index contributed by atoms with van der Waals surface area (Å²) >= 11 is 0. The van der Waals surface area contributed by atoms with Crippen LogP contribution in [0.4, 0.5) is 0 Å². The first kappa shape index (κ1) is 86.5. The van der Waals surface area contributed by atoms with Gasteiger partial charge in [-0.2, -0.15) is 0 Å². The largest absolute Gasteiger partial charge is 0.394 e. The number of hydrogen-bond acceptors (Lipinski definition) is 13. The van der Waals surface area contributed by atoms with Crippen LogP contribution in [0.2, 0.25) is 0 Å². The molecule has 2 rings (SSSR count). The number of carbonyl (C=O) groups is 1. The van der Waals surface area contributed by atoms with Crippen LogP contribution in [0.1, 0.15) is 284 Å². The SMILES string of the molecule is CC/C=C\C/C=C\C/C=C\C/C=C\C/C=C\C/C=C\C/C=C\CCCCCCCCCCCC(=O)NC(COC1OC(CO)C(OC2OC(CO)C(O)C(O)C2O)C(O)C1O)C(O)/C=C/CC/C=C/CC/C=C/CCCCCCCCCCCCCCCCCCCCC. The monoisotopic (exact) mass is 1320 g/mol. The van der Waals surface area contributed by atoms with Crippen LogP contribution in [-0.2, 0) is 23.7 Å². The van der Waals surface area contributed by atoms with E-state index >= 15 is 0 Å². The highest BCUT2D eigenvalue weighted by Crippen LogP contribution is 2.30. The van der Waals surface area contributed by atoms with Gasteiger partial charge in [0.15, 0.2) is 12.6 Å². The Morgan fingerprint density at radius 3 is 1.17 bits per heavy atom. The molecule has 94 heavy (non-hydrogen) atoms. The fourth-order valence-corrected chi connectivity index (χ4v) is 11.7. The summed E-state index contributed by atoms with van der Waals surface area (Å²) in [6.45, 7) is 2.68. The minimum atomic E-state index is -1.80. The molecule has 540 valence electrons. The summed E-state index contributed by atoms with van der Waals surface area (Å²) in [4.78, 5) is 13.4. The maximum Gasteiger partial charge on any atom is 0.220 e. The second-order valence-corrected chi connectivity index (χ2v) is 26.0. The van der Waals surface area contributed by atoms with Crippen LogP contribution in [0.5, 0.6) is 0 Å². The van der Waals surface area contributed by atoms with Gasteiger partial charge >= 0.3 is 0 Å². The molecule has 2 saturated heterocycles.